The van der Waals surface area contributed by atoms with Gasteiger partial charge in [0.2, 0.25) is 21.8 Å². The fourth-order valence-corrected chi connectivity index (χ4v) is 4.69. The van der Waals surface area contributed by atoms with Crippen LogP contribution in [-0.2, 0) is 25.0 Å². The van der Waals surface area contributed by atoms with Gasteiger partial charge in [-0.1, -0.05) is 0 Å². The van der Waals surface area contributed by atoms with Gasteiger partial charge in [0, 0.05) is 25.5 Å². The van der Waals surface area contributed by atoms with Gasteiger partial charge in [-0.2, -0.15) is 4.31 Å². The third kappa shape index (κ3) is 3.70. The highest BCUT2D eigenvalue weighted by Gasteiger charge is 2.43. The second kappa shape index (κ2) is 7.48. The zero-order chi connectivity index (χ0) is 22.4. The molecule has 0 atom stereocenters. The molecule has 1 heterocycles. The van der Waals surface area contributed by atoms with Gasteiger partial charge >= 0.3 is 0 Å². The van der Waals surface area contributed by atoms with Crippen LogP contribution in [0.15, 0.2) is 41.3 Å². The summed E-state index contributed by atoms with van der Waals surface area (Å²) in [5.41, 5.74) is 1.38. The Balaban J connectivity index is 1.81. The van der Waals surface area contributed by atoms with Crippen LogP contribution in [0, 0.1) is 12.7 Å². The number of aryl methyl sites for hydroxylation is 1. The first-order valence-electron chi connectivity index (χ1n) is 9.30. The van der Waals surface area contributed by atoms with E-state index in [1.54, 1.807) is 33.9 Å². The molecule has 0 radical (unpaired) electrons. The van der Waals surface area contributed by atoms with Gasteiger partial charge < -0.3 is 10.2 Å². The van der Waals surface area contributed by atoms with Crippen LogP contribution in [0.3, 0.4) is 0 Å². The predicted octanol–water partition coefficient (Wildman–Crippen LogP) is 2.65. The number of hydrogen-bond donors (Lipinski definition) is 1. The maximum absolute atomic E-state index is 13.2. The molecule has 1 aliphatic rings. The van der Waals surface area contributed by atoms with Crippen LogP contribution >= 0.6 is 0 Å². The molecule has 7 nitrogen and oxygen atoms in total. The van der Waals surface area contributed by atoms with Crippen molar-refractivity contribution in [3.05, 3.63) is 53.3 Å². The van der Waals surface area contributed by atoms with Crippen LogP contribution < -0.4 is 10.2 Å². The van der Waals surface area contributed by atoms with Crippen LogP contribution in [0.5, 0.6) is 0 Å². The molecule has 0 spiro atoms. The quantitative estimate of drug-likeness (QED) is 0.785. The number of carbonyl (C=O) groups is 2. The Hall–Kier alpha value is -2.78. The average molecular weight is 434 g/mol. The van der Waals surface area contributed by atoms with Gasteiger partial charge in [0.05, 0.1) is 16.9 Å². The van der Waals surface area contributed by atoms with Crippen molar-refractivity contribution in [2.24, 2.45) is 0 Å². The first-order valence-corrected chi connectivity index (χ1v) is 10.7. The monoisotopic (exact) mass is 433 g/mol. The standard InChI is InChI=1S/C21H24FN3O4S/c1-13-10-14(22)6-8-17(13)23-19(26)12-24(4)30(28,29)15-7-9-18-16(11-15)21(2,3)20(27)25(18)5/h6-11H,12H2,1-5H3,(H,23,26). The first-order chi connectivity index (χ1) is 13.9. The number of carbonyl (C=O) groups excluding carboxylic acids is 2. The molecule has 0 aliphatic carbocycles. The Labute approximate surface area is 175 Å². The van der Waals surface area contributed by atoms with Crippen LogP contribution in [-0.4, -0.2) is 45.2 Å². The lowest BCUT2D eigenvalue weighted by atomic mass is 9.86. The second-order valence-corrected chi connectivity index (χ2v) is 9.98. The number of rotatable bonds is 5. The number of likely N-dealkylation sites (N-methyl/N-ethyl adjacent to an activating group) is 2. The summed E-state index contributed by atoms with van der Waals surface area (Å²) in [5, 5.41) is 2.60. The van der Waals surface area contributed by atoms with Crippen molar-refractivity contribution in [3.63, 3.8) is 0 Å². The minimum absolute atomic E-state index is 0.00527. The van der Waals surface area contributed by atoms with E-state index >= 15 is 0 Å². The van der Waals surface area contributed by atoms with E-state index in [9.17, 15) is 22.4 Å². The van der Waals surface area contributed by atoms with E-state index in [4.69, 9.17) is 0 Å². The molecule has 3 rings (SSSR count). The fourth-order valence-electron chi connectivity index (χ4n) is 3.54. The molecule has 0 saturated carbocycles. The Morgan fingerprint density at radius 1 is 1.20 bits per heavy atom. The van der Waals surface area contributed by atoms with E-state index in [2.05, 4.69) is 5.32 Å². The van der Waals surface area contributed by atoms with Crippen molar-refractivity contribution in [2.45, 2.75) is 31.1 Å². The van der Waals surface area contributed by atoms with Gasteiger partial charge in [0.1, 0.15) is 5.82 Å². The number of halogens is 1. The molecule has 0 aromatic heterocycles. The number of benzene rings is 2. The van der Waals surface area contributed by atoms with E-state index in [1.807, 2.05) is 0 Å². The first kappa shape index (κ1) is 21.9. The van der Waals surface area contributed by atoms with E-state index in [-0.39, 0.29) is 10.8 Å². The highest BCUT2D eigenvalue weighted by atomic mass is 32.2. The van der Waals surface area contributed by atoms with Gasteiger partial charge in [-0.3, -0.25) is 9.59 Å². The van der Waals surface area contributed by atoms with Crippen LogP contribution in [0.2, 0.25) is 0 Å². The van der Waals surface area contributed by atoms with E-state index in [0.717, 1.165) is 4.31 Å². The summed E-state index contributed by atoms with van der Waals surface area (Å²) in [4.78, 5) is 26.3. The summed E-state index contributed by atoms with van der Waals surface area (Å²) in [6, 6.07) is 8.44. The minimum Gasteiger partial charge on any atom is -0.325 e. The zero-order valence-corrected chi connectivity index (χ0v) is 18.3. The van der Waals surface area contributed by atoms with Crippen LogP contribution in [0.25, 0.3) is 0 Å². The topological polar surface area (TPSA) is 86.8 Å². The molecular formula is C21H24FN3O4S. The number of fused-ring (bicyclic) bond motifs is 1. The van der Waals surface area contributed by atoms with Crippen molar-refractivity contribution in [1.82, 2.24) is 4.31 Å². The molecule has 1 N–H and O–H groups in total. The number of anilines is 2. The summed E-state index contributed by atoms with van der Waals surface area (Å²) in [5.74, 6) is -1.09. The zero-order valence-electron chi connectivity index (χ0n) is 17.5. The molecule has 160 valence electrons. The van der Waals surface area contributed by atoms with E-state index < -0.39 is 33.7 Å². The average Bonchev–Trinajstić information content (AvgIpc) is 2.84. The number of nitrogens with one attached hydrogen (secondary N) is 1. The largest absolute Gasteiger partial charge is 0.325 e. The molecule has 9 heteroatoms. The smallest absolute Gasteiger partial charge is 0.243 e. The molecule has 0 fully saturated rings. The van der Waals surface area contributed by atoms with Gasteiger partial charge in [-0.25, -0.2) is 12.8 Å². The molecule has 0 saturated heterocycles. The Morgan fingerprint density at radius 3 is 2.50 bits per heavy atom. The Morgan fingerprint density at radius 2 is 1.87 bits per heavy atom. The van der Waals surface area contributed by atoms with Gasteiger partial charge in [0.15, 0.2) is 0 Å². The van der Waals surface area contributed by atoms with Gasteiger partial charge in [-0.15, -0.1) is 0 Å². The molecule has 0 bridgehead atoms. The van der Waals surface area contributed by atoms with Crippen molar-refractivity contribution in [1.29, 1.82) is 0 Å². The summed E-state index contributed by atoms with van der Waals surface area (Å²) < 4.78 is 40.2. The number of amides is 2. The van der Waals surface area contributed by atoms with E-state index in [1.165, 1.54) is 42.3 Å². The predicted molar refractivity (Wildman–Crippen MR) is 112 cm³/mol. The SMILES string of the molecule is Cc1cc(F)ccc1NC(=O)CN(C)S(=O)(=O)c1ccc2c(c1)C(C)(C)C(=O)N2C. The van der Waals surface area contributed by atoms with Crippen molar-refractivity contribution < 1.29 is 22.4 Å². The second-order valence-electron chi connectivity index (χ2n) is 7.94. The Kier molecular flexibility index (Phi) is 5.46. The number of sulfonamides is 1. The van der Waals surface area contributed by atoms with Crippen LogP contribution in [0.1, 0.15) is 25.0 Å². The number of hydrogen-bond acceptors (Lipinski definition) is 4. The maximum Gasteiger partial charge on any atom is 0.243 e. The lowest BCUT2D eigenvalue weighted by Gasteiger charge is -2.19. The van der Waals surface area contributed by atoms with Crippen LogP contribution in [0.4, 0.5) is 15.8 Å². The summed E-state index contributed by atoms with van der Waals surface area (Å²) in [6.45, 7) is 4.72. The summed E-state index contributed by atoms with van der Waals surface area (Å²) in [6.07, 6.45) is 0. The minimum atomic E-state index is -3.97. The molecule has 2 aromatic rings. The summed E-state index contributed by atoms with van der Waals surface area (Å²) in [7, 11) is -1.01. The molecule has 0 unspecified atom stereocenters. The van der Waals surface area contributed by atoms with Crippen molar-refractivity contribution in [3.8, 4) is 0 Å². The van der Waals surface area contributed by atoms with Gasteiger partial charge in [0.25, 0.3) is 0 Å². The van der Waals surface area contributed by atoms with E-state index in [0.29, 0.717) is 22.5 Å². The van der Waals surface area contributed by atoms with Gasteiger partial charge in [-0.05, 0) is 68.3 Å². The Bertz CT molecular complexity index is 1140. The fraction of sp³-hybridized carbons (Fsp3) is 0.333. The third-order valence-electron chi connectivity index (χ3n) is 5.38. The lowest BCUT2D eigenvalue weighted by Crippen LogP contribution is -2.35. The lowest BCUT2D eigenvalue weighted by molar-refractivity contribution is -0.121. The molecule has 1 aliphatic heterocycles. The summed E-state index contributed by atoms with van der Waals surface area (Å²) >= 11 is 0. The molecule has 2 aromatic carbocycles. The highest BCUT2D eigenvalue weighted by Crippen LogP contribution is 2.41. The normalized spacial score (nSPS) is 15.4. The molecule has 2 amide bonds. The van der Waals surface area contributed by atoms with Crippen molar-refractivity contribution >= 4 is 33.2 Å². The third-order valence-corrected chi connectivity index (χ3v) is 7.18. The number of nitrogens with zero attached hydrogens (tertiary/aromatic N) is 2. The maximum atomic E-state index is 13.2. The molecule has 30 heavy (non-hydrogen) atoms. The highest BCUT2D eigenvalue weighted by molar-refractivity contribution is 7.89. The van der Waals surface area contributed by atoms with Crippen molar-refractivity contribution in [2.75, 3.05) is 30.9 Å². The molecular weight excluding hydrogens is 409 g/mol.